The van der Waals surface area contributed by atoms with Crippen molar-refractivity contribution >= 4 is 11.9 Å². The van der Waals surface area contributed by atoms with Gasteiger partial charge < -0.3 is 14.6 Å². The molecule has 0 rings (SSSR count). The molecule has 0 bridgehead atoms. The fourth-order valence-electron chi connectivity index (χ4n) is 7.99. The van der Waals surface area contributed by atoms with Crippen molar-refractivity contribution in [2.24, 2.45) is 0 Å². The average molecular weight is 1050 g/mol. The molecule has 0 amide bonds. The number of aliphatic hydroxyl groups is 1. The van der Waals surface area contributed by atoms with Crippen molar-refractivity contribution in [2.45, 2.75) is 251 Å². The van der Waals surface area contributed by atoms with E-state index in [0.29, 0.717) is 12.8 Å². The second-order valence-corrected chi connectivity index (χ2v) is 19.7. The van der Waals surface area contributed by atoms with Crippen LogP contribution in [0.25, 0.3) is 0 Å². The molecule has 5 nitrogen and oxygen atoms in total. The van der Waals surface area contributed by atoms with Gasteiger partial charge in [-0.25, -0.2) is 0 Å². The molecule has 0 aromatic heterocycles. The van der Waals surface area contributed by atoms with Crippen molar-refractivity contribution in [2.75, 3.05) is 13.2 Å². The van der Waals surface area contributed by atoms with Crippen LogP contribution in [0, 0.1) is 0 Å². The third kappa shape index (κ3) is 61.8. The molecular weight excluding hydrogens is 933 g/mol. The Morgan fingerprint density at radius 2 is 0.526 bits per heavy atom. The number of esters is 2. The first-order valence-electron chi connectivity index (χ1n) is 30.7. The van der Waals surface area contributed by atoms with Gasteiger partial charge in [0.1, 0.15) is 6.61 Å². The Labute approximate surface area is 468 Å². The predicted molar refractivity (Wildman–Crippen MR) is 333 cm³/mol. The number of allylic oxidation sites excluding steroid dienone is 28. The largest absolute Gasteiger partial charge is 0.462 e. The highest BCUT2D eigenvalue weighted by Gasteiger charge is 2.16. The van der Waals surface area contributed by atoms with Crippen LogP contribution in [0.2, 0.25) is 0 Å². The van der Waals surface area contributed by atoms with Gasteiger partial charge in [0.05, 0.1) is 6.61 Å². The second-order valence-electron chi connectivity index (χ2n) is 19.7. The summed E-state index contributed by atoms with van der Waals surface area (Å²) in [7, 11) is 0. The lowest BCUT2D eigenvalue weighted by molar-refractivity contribution is -0.161. The molecule has 0 heterocycles. The van der Waals surface area contributed by atoms with E-state index in [1.807, 2.05) is 0 Å². The molecule has 0 fully saturated rings. The first-order valence-corrected chi connectivity index (χ1v) is 30.7. The van der Waals surface area contributed by atoms with Crippen LogP contribution in [-0.4, -0.2) is 36.4 Å². The minimum atomic E-state index is -0.795. The van der Waals surface area contributed by atoms with Gasteiger partial charge in [-0.05, 0) is 128 Å². The zero-order chi connectivity index (χ0) is 54.8. The van der Waals surface area contributed by atoms with Gasteiger partial charge in [0.15, 0.2) is 6.10 Å². The van der Waals surface area contributed by atoms with Crippen molar-refractivity contribution in [3.8, 4) is 0 Å². The first-order chi connectivity index (χ1) is 37.6. The van der Waals surface area contributed by atoms with Gasteiger partial charge in [0.2, 0.25) is 0 Å². The maximum absolute atomic E-state index is 12.3. The summed E-state index contributed by atoms with van der Waals surface area (Å²) in [5.74, 6) is -0.623. The highest BCUT2D eigenvalue weighted by Crippen LogP contribution is 2.15. The maximum atomic E-state index is 12.3. The number of carbonyl (C=O) groups excluding carboxylic acids is 2. The van der Waals surface area contributed by atoms with E-state index in [1.165, 1.54) is 70.6 Å². The summed E-state index contributed by atoms with van der Waals surface area (Å²) >= 11 is 0. The van der Waals surface area contributed by atoms with Crippen LogP contribution < -0.4 is 0 Å². The van der Waals surface area contributed by atoms with Crippen LogP contribution in [0.1, 0.15) is 245 Å². The van der Waals surface area contributed by atoms with Crippen LogP contribution in [0.4, 0.5) is 0 Å². The normalized spacial score (nSPS) is 13.5. The average Bonchev–Trinajstić information content (AvgIpc) is 3.42. The standard InChI is InChI=1S/C71H112O5/c1-3-5-7-9-11-13-15-17-19-21-23-25-27-29-31-32-33-34-35-36-37-38-40-42-44-46-48-50-52-54-56-58-60-62-64-66-71(74)76-69(67-72)68-75-70(73)65-63-61-59-57-55-53-51-49-47-45-43-41-39-30-28-26-24-22-20-18-16-14-12-10-8-6-4-2/h5-8,11-14,17-20,23-26,29-31,33-34,36-37,39,43,45,49,51,69,72H,3-4,9-10,15-16,21-22,27-28,32,35,38,40-42,44,46-48,50,52-68H2,1-2H3/b7-5-,8-6-,13-11-,14-12-,19-17-,20-18-,25-23-,26-24-,31-29-,34-33-,37-36-,39-30-,45-43-,51-49-. The number of aliphatic hydroxyl groups excluding tert-OH is 1. The van der Waals surface area contributed by atoms with Crippen LogP contribution in [0.3, 0.4) is 0 Å². The van der Waals surface area contributed by atoms with Gasteiger partial charge in [0, 0.05) is 12.8 Å². The van der Waals surface area contributed by atoms with Crippen LogP contribution >= 0.6 is 0 Å². The minimum Gasteiger partial charge on any atom is -0.462 e. The van der Waals surface area contributed by atoms with Crippen LogP contribution in [0.15, 0.2) is 170 Å². The molecule has 0 aliphatic heterocycles. The lowest BCUT2D eigenvalue weighted by atomic mass is 10.0. The summed E-state index contributed by atoms with van der Waals surface area (Å²) in [5, 5.41) is 9.68. The molecule has 0 radical (unpaired) electrons. The van der Waals surface area contributed by atoms with Crippen molar-refractivity contribution in [3.05, 3.63) is 170 Å². The molecule has 1 N–H and O–H groups in total. The number of carbonyl (C=O) groups is 2. The fraction of sp³-hybridized carbons (Fsp3) is 0.577. The Bertz CT molecular complexity index is 1700. The van der Waals surface area contributed by atoms with E-state index in [1.54, 1.807) is 0 Å². The molecule has 0 aromatic rings. The fourth-order valence-corrected chi connectivity index (χ4v) is 7.99. The van der Waals surface area contributed by atoms with Gasteiger partial charge in [0.25, 0.3) is 0 Å². The van der Waals surface area contributed by atoms with Gasteiger partial charge in [-0.15, -0.1) is 0 Å². The quantitative estimate of drug-likeness (QED) is 0.0373. The second kappa shape index (κ2) is 64.5. The highest BCUT2D eigenvalue weighted by molar-refractivity contribution is 5.70. The van der Waals surface area contributed by atoms with E-state index in [0.717, 1.165) is 148 Å². The molecule has 426 valence electrons. The van der Waals surface area contributed by atoms with Crippen LogP contribution in [-0.2, 0) is 19.1 Å². The summed E-state index contributed by atoms with van der Waals surface area (Å²) in [6, 6.07) is 0. The lowest BCUT2D eigenvalue weighted by Crippen LogP contribution is -2.28. The van der Waals surface area contributed by atoms with E-state index in [9.17, 15) is 14.7 Å². The van der Waals surface area contributed by atoms with Crippen molar-refractivity contribution in [1.29, 1.82) is 0 Å². The van der Waals surface area contributed by atoms with E-state index < -0.39 is 6.10 Å². The topological polar surface area (TPSA) is 72.8 Å². The molecule has 76 heavy (non-hydrogen) atoms. The van der Waals surface area contributed by atoms with Gasteiger partial charge in [-0.2, -0.15) is 0 Å². The van der Waals surface area contributed by atoms with E-state index in [4.69, 9.17) is 9.47 Å². The van der Waals surface area contributed by atoms with Crippen LogP contribution in [0.5, 0.6) is 0 Å². The molecule has 0 aliphatic rings. The Balaban J connectivity index is 3.59. The summed E-state index contributed by atoms with van der Waals surface area (Å²) < 4.78 is 10.7. The summed E-state index contributed by atoms with van der Waals surface area (Å²) in [6.45, 7) is 3.89. The molecule has 1 unspecified atom stereocenters. The predicted octanol–water partition coefficient (Wildman–Crippen LogP) is 21.3. The minimum absolute atomic E-state index is 0.0869. The lowest BCUT2D eigenvalue weighted by Gasteiger charge is -2.15. The summed E-state index contributed by atoms with van der Waals surface area (Å²) in [5.41, 5.74) is 0. The third-order valence-electron chi connectivity index (χ3n) is 12.5. The smallest absolute Gasteiger partial charge is 0.306 e. The zero-order valence-electron chi connectivity index (χ0n) is 48.7. The van der Waals surface area contributed by atoms with E-state index in [-0.39, 0.29) is 25.2 Å². The molecule has 0 aliphatic carbocycles. The van der Waals surface area contributed by atoms with Crippen molar-refractivity contribution in [3.63, 3.8) is 0 Å². The SMILES string of the molecule is CC/C=C\C/C=C\C/C=C\C/C=C\C/C=C\C/C=C\C/C=C\CCCCCCCCCCCCCCCC(=O)OC(CO)COC(=O)CCCCCCC/C=C\C/C=C\C/C=C\C/C=C\C/C=C\C/C=C\C/C=C\CC. The van der Waals surface area contributed by atoms with E-state index >= 15 is 0 Å². The number of hydrogen-bond donors (Lipinski definition) is 1. The monoisotopic (exact) mass is 1040 g/mol. The Morgan fingerprint density at radius 1 is 0.303 bits per heavy atom. The van der Waals surface area contributed by atoms with Gasteiger partial charge in [-0.1, -0.05) is 274 Å². The van der Waals surface area contributed by atoms with Gasteiger partial charge >= 0.3 is 11.9 Å². The van der Waals surface area contributed by atoms with Crippen molar-refractivity contribution < 1.29 is 24.2 Å². The first kappa shape index (κ1) is 71.3. The molecule has 0 saturated carbocycles. The zero-order valence-corrected chi connectivity index (χ0v) is 48.7. The molecule has 0 aromatic carbocycles. The number of ether oxygens (including phenoxy) is 2. The maximum Gasteiger partial charge on any atom is 0.306 e. The van der Waals surface area contributed by atoms with E-state index in [2.05, 4.69) is 184 Å². The van der Waals surface area contributed by atoms with Gasteiger partial charge in [-0.3, -0.25) is 9.59 Å². The molecule has 0 saturated heterocycles. The van der Waals surface area contributed by atoms with Crippen molar-refractivity contribution in [1.82, 2.24) is 0 Å². The molecule has 5 heteroatoms. The molecular formula is C71H112O5. The number of unbranched alkanes of at least 4 members (excludes halogenated alkanes) is 18. The summed E-state index contributed by atoms with van der Waals surface area (Å²) in [6.07, 6.45) is 100. The number of rotatable bonds is 54. The Kier molecular flexibility index (Phi) is 60.5. The summed E-state index contributed by atoms with van der Waals surface area (Å²) in [4.78, 5) is 24.6. The number of hydrogen-bond acceptors (Lipinski definition) is 5. The molecule has 0 spiro atoms. The third-order valence-corrected chi connectivity index (χ3v) is 12.5. The Morgan fingerprint density at radius 3 is 0.789 bits per heavy atom. The Hall–Kier alpha value is -4.74. The highest BCUT2D eigenvalue weighted by atomic mass is 16.6. The molecule has 1 atom stereocenters.